The standard InChI is InChI=1S/C19H19N3O2/c1-13(23)18-20-16-10-6-9-15(17(16)19(24)21-18)12-22(2)11-14-7-4-3-5-8-14/h3-10H,11-12H2,1-2H3,(H,20,21,24). The molecule has 0 saturated carbocycles. The van der Waals surface area contributed by atoms with Crippen LogP contribution in [0.4, 0.5) is 0 Å². The zero-order valence-corrected chi connectivity index (χ0v) is 13.7. The molecule has 24 heavy (non-hydrogen) atoms. The molecular formula is C19H19N3O2. The van der Waals surface area contributed by atoms with E-state index in [9.17, 15) is 9.59 Å². The van der Waals surface area contributed by atoms with E-state index in [0.717, 1.165) is 12.1 Å². The number of carbonyl (C=O) groups is 1. The number of aromatic amines is 1. The van der Waals surface area contributed by atoms with Gasteiger partial charge in [-0.3, -0.25) is 14.5 Å². The number of nitrogens with zero attached hydrogens (tertiary/aromatic N) is 2. The van der Waals surface area contributed by atoms with E-state index < -0.39 is 0 Å². The number of fused-ring (bicyclic) bond motifs is 1. The molecule has 0 aliphatic rings. The van der Waals surface area contributed by atoms with Crippen molar-refractivity contribution in [1.29, 1.82) is 0 Å². The third-order valence-corrected chi connectivity index (χ3v) is 3.89. The average molecular weight is 321 g/mol. The molecule has 0 aliphatic carbocycles. The molecule has 122 valence electrons. The molecule has 0 fully saturated rings. The molecule has 0 atom stereocenters. The normalized spacial score (nSPS) is 11.1. The Labute approximate surface area is 140 Å². The molecule has 1 N–H and O–H groups in total. The summed E-state index contributed by atoms with van der Waals surface area (Å²) in [5, 5.41) is 0.544. The van der Waals surface area contributed by atoms with E-state index in [1.807, 2.05) is 37.4 Å². The minimum absolute atomic E-state index is 0.0993. The molecule has 3 rings (SSSR count). The lowest BCUT2D eigenvalue weighted by Gasteiger charge is -2.17. The highest BCUT2D eigenvalue weighted by molar-refractivity contribution is 5.92. The van der Waals surface area contributed by atoms with Crippen LogP contribution in [0.25, 0.3) is 10.9 Å². The van der Waals surface area contributed by atoms with Gasteiger partial charge in [-0.15, -0.1) is 0 Å². The van der Waals surface area contributed by atoms with Gasteiger partial charge >= 0.3 is 0 Å². The summed E-state index contributed by atoms with van der Waals surface area (Å²) in [5.74, 6) is -0.150. The molecule has 0 bridgehead atoms. The maximum atomic E-state index is 12.4. The predicted octanol–water partition coefficient (Wildman–Crippen LogP) is 2.76. The second-order valence-electron chi connectivity index (χ2n) is 5.94. The van der Waals surface area contributed by atoms with E-state index in [2.05, 4.69) is 27.0 Å². The van der Waals surface area contributed by atoms with Crippen molar-refractivity contribution >= 4 is 16.7 Å². The molecule has 2 aromatic carbocycles. The highest BCUT2D eigenvalue weighted by atomic mass is 16.1. The quantitative estimate of drug-likeness (QED) is 0.734. The minimum Gasteiger partial charge on any atom is -0.303 e. The lowest BCUT2D eigenvalue weighted by atomic mass is 10.1. The topological polar surface area (TPSA) is 66.1 Å². The summed E-state index contributed by atoms with van der Waals surface area (Å²) in [6.45, 7) is 2.80. The monoisotopic (exact) mass is 321 g/mol. The van der Waals surface area contributed by atoms with E-state index in [-0.39, 0.29) is 17.2 Å². The lowest BCUT2D eigenvalue weighted by molar-refractivity contribution is 0.100. The molecule has 3 aromatic rings. The number of carbonyl (C=O) groups excluding carboxylic acids is 1. The smallest absolute Gasteiger partial charge is 0.259 e. The molecule has 0 radical (unpaired) electrons. The van der Waals surface area contributed by atoms with Gasteiger partial charge in [0.2, 0.25) is 0 Å². The van der Waals surface area contributed by atoms with Crippen molar-refractivity contribution < 1.29 is 4.79 Å². The van der Waals surface area contributed by atoms with Crippen LogP contribution in [0.15, 0.2) is 53.3 Å². The van der Waals surface area contributed by atoms with Crippen LogP contribution in [0.1, 0.15) is 28.7 Å². The van der Waals surface area contributed by atoms with Crippen molar-refractivity contribution in [2.45, 2.75) is 20.0 Å². The first-order valence-electron chi connectivity index (χ1n) is 7.80. The highest BCUT2D eigenvalue weighted by Crippen LogP contribution is 2.16. The van der Waals surface area contributed by atoms with Crippen molar-refractivity contribution in [2.75, 3.05) is 7.05 Å². The fourth-order valence-corrected chi connectivity index (χ4v) is 2.80. The summed E-state index contributed by atoms with van der Waals surface area (Å²) >= 11 is 0. The van der Waals surface area contributed by atoms with Crippen molar-refractivity contribution in [1.82, 2.24) is 14.9 Å². The van der Waals surface area contributed by atoms with Crippen LogP contribution < -0.4 is 5.56 Å². The first-order valence-corrected chi connectivity index (χ1v) is 7.80. The van der Waals surface area contributed by atoms with Crippen LogP contribution >= 0.6 is 0 Å². The Hall–Kier alpha value is -2.79. The predicted molar refractivity (Wildman–Crippen MR) is 94.0 cm³/mol. The number of benzene rings is 2. The zero-order valence-electron chi connectivity index (χ0n) is 13.7. The second-order valence-corrected chi connectivity index (χ2v) is 5.94. The highest BCUT2D eigenvalue weighted by Gasteiger charge is 2.12. The van der Waals surface area contributed by atoms with E-state index in [1.54, 1.807) is 6.07 Å². The molecule has 0 aliphatic heterocycles. The van der Waals surface area contributed by atoms with Crippen molar-refractivity contribution in [3.05, 3.63) is 75.8 Å². The number of ketones is 1. The number of aromatic nitrogens is 2. The number of rotatable bonds is 5. The van der Waals surface area contributed by atoms with Crippen LogP contribution in [-0.2, 0) is 13.1 Å². The Morgan fingerprint density at radius 1 is 1.08 bits per heavy atom. The maximum absolute atomic E-state index is 12.4. The van der Waals surface area contributed by atoms with Gasteiger partial charge in [0, 0.05) is 20.0 Å². The average Bonchev–Trinajstić information content (AvgIpc) is 2.55. The fraction of sp³-hybridized carbons (Fsp3) is 0.211. The molecule has 0 amide bonds. The second kappa shape index (κ2) is 6.76. The van der Waals surface area contributed by atoms with E-state index in [1.165, 1.54) is 12.5 Å². The third kappa shape index (κ3) is 3.41. The number of H-pyrrole nitrogens is 1. The van der Waals surface area contributed by atoms with Gasteiger partial charge in [0.05, 0.1) is 10.9 Å². The SMILES string of the molecule is CC(=O)c1nc2cccc(CN(C)Cc3ccccc3)c2c(=O)[nH]1. The maximum Gasteiger partial charge on any atom is 0.259 e. The van der Waals surface area contributed by atoms with Gasteiger partial charge in [-0.2, -0.15) is 0 Å². The first-order chi connectivity index (χ1) is 11.5. The van der Waals surface area contributed by atoms with Crippen LogP contribution in [0.3, 0.4) is 0 Å². The zero-order chi connectivity index (χ0) is 17.1. The van der Waals surface area contributed by atoms with Crippen LogP contribution in [-0.4, -0.2) is 27.7 Å². The Morgan fingerprint density at radius 2 is 1.83 bits per heavy atom. The summed E-state index contributed by atoms with van der Waals surface area (Å²) < 4.78 is 0. The summed E-state index contributed by atoms with van der Waals surface area (Å²) in [6.07, 6.45) is 0. The summed E-state index contributed by atoms with van der Waals surface area (Å²) in [7, 11) is 2.01. The molecule has 5 nitrogen and oxygen atoms in total. The Bertz CT molecular complexity index is 932. The minimum atomic E-state index is -0.270. The van der Waals surface area contributed by atoms with Gasteiger partial charge in [-0.1, -0.05) is 42.5 Å². The summed E-state index contributed by atoms with van der Waals surface area (Å²) in [6, 6.07) is 15.7. The Kier molecular flexibility index (Phi) is 4.53. The van der Waals surface area contributed by atoms with Gasteiger partial charge in [0.1, 0.15) is 0 Å². The van der Waals surface area contributed by atoms with E-state index in [0.29, 0.717) is 17.4 Å². The van der Waals surface area contributed by atoms with Gasteiger partial charge in [-0.25, -0.2) is 4.98 Å². The fourth-order valence-electron chi connectivity index (χ4n) is 2.80. The first kappa shape index (κ1) is 16.1. The number of nitrogens with one attached hydrogen (secondary N) is 1. The largest absolute Gasteiger partial charge is 0.303 e. The van der Waals surface area contributed by atoms with Gasteiger partial charge in [-0.05, 0) is 24.2 Å². The van der Waals surface area contributed by atoms with Crippen LogP contribution in [0.5, 0.6) is 0 Å². The number of hydrogen-bond acceptors (Lipinski definition) is 4. The molecular weight excluding hydrogens is 302 g/mol. The molecule has 0 spiro atoms. The summed E-state index contributed by atoms with van der Waals surface area (Å²) in [4.78, 5) is 32.8. The Morgan fingerprint density at radius 3 is 2.54 bits per heavy atom. The molecule has 0 saturated heterocycles. The van der Waals surface area contributed by atoms with Crippen molar-refractivity contribution in [2.24, 2.45) is 0 Å². The van der Waals surface area contributed by atoms with Crippen molar-refractivity contribution in [3.63, 3.8) is 0 Å². The lowest BCUT2D eigenvalue weighted by Crippen LogP contribution is -2.20. The third-order valence-electron chi connectivity index (χ3n) is 3.89. The molecule has 1 aromatic heterocycles. The van der Waals surface area contributed by atoms with Gasteiger partial charge in [0.25, 0.3) is 5.56 Å². The van der Waals surface area contributed by atoms with Crippen LogP contribution in [0, 0.1) is 0 Å². The summed E-state index contributed by atoms with van der Waals surface area (Å²) in [5.41, 5.74) is 2.39. The van der Waals surface area contributed by atoms with E-state index >= 15 is 0 Å². The molecule has 5 heteroatoms. The van der Waals surface area contributed by atoms with Gasteiger partial charge in [0.15, 0.2) is 11.6 Å². The van der Waals surface area contributed by atoms with E-state index in [4.69, 9.17) is 0 Å². The van der Waals surface area contributed by atoms with Crippen molar-refractivity contribution in [3.8, 4) is 0 Å². The van der Waals surface area contributed by atoms with Gasteiger partial charge < -0.3 is 4.98 Å². The molecule has 1 heterocycles. The Balaban J connectivity index is 1.92. The van der Waals surface area contributed by atoms with Crippen LogP contribution in [0.2, 0.25) is 0 Å². The number of hydrogen-bond donors (Lipinski definition) is 1. The molecule has 0 unspecified atom stereocenters. The number of Topliss-reactive ketones (excluding diaryl/α,β-unsaturated/α-hetero) is 1.